The van der Waals surface area contributed by atoms with Crippen LogP contribution in [0, 0.1) is 0 Å². The summed E-state index contributed by atoms with van der Waals surface area (Å²) in [5.41, 5.74) is 1.55. The van der Waals surface area contributed by atoms with Crippen LogP contribution in [0.1, 0.15) is 5.56 Å². The molecule has 0 radical (unpaired) electrons. The zero-order valence-electron chi connectivity index (χ0n) is 9.53. The first kappa shape index (κ1) is 14.1. The summed E-state index contributed by atoms with van der Waals surface area (Å²) in [4.78, 5) is 14.9. The van der Waals surface area contributed by atoms with Crippen molar-refractivity contribution >= 4 is 40.8 Å². The van der Waals surface area contributed by atoms with E-state index >= 15 is 0 Å². The van der Waals surface area contributed by atoms with Crippen LogP contribution >= 0.6 is 34.8 Å². The largest absolute Gasteiger partial charge is 0.481 e. The Kier molecular flexibility index (Phi) is 4.30. The van der Waals surface area contributed by atoms with Gasteiger partial charge in [0, 0.05) is 16.8 Å². The van der Waals surface area contributed by atoms with Crippen LogP contribution < -0.4 is 0 Å². The number of hydrogen-bond donors (Lipinski definition) is 1. The van der Waals surface area contributed by atoms with E-state index in [-0.39, 0.29) is 11.4 Å². The highest BCUT2D eigenvalue weighted by Crippen LogP contribution is 2.34. The van der Waals surface area contributed by atoms with Crippen molar-refractivity contribution in [3.63, 3.8) is 0 Å². The number of halogens is 3. The average molecular weight is 317 g/mol. The van der Waals surface area contributed by atoms with Gasteiger partial charge in [-0.05, 0) is 29.8 Å². The van der Waals surface area contributed by atoms with Crippen LogP contribution in [0.15, 0.2) is 30.5 Å². The van der Waals surface area contributed by atoms with E-state index in [1.807, 2.05) is 0 Å². The molecule has 0 bridgehead atoms. The molecule has 19 heavy (non-hydrogen) atoms. The predicted octanol–water partition coefficient (Wildman–Crippen LogP) is 4.34. The van der Waals surface area contributed by atoms with Crippen LogP contribution in [-0.2, 0) is 11.2 Å². The molecule has 98 valence electrons. The molecule has 0 spiro atoms. The Balaban J connectivity index is 2.53. The SMILES string of the molecule is O=C(O)Cc1ccnc(-c2ccc(Cl)cc2Cl)c1Cl. The normalized spacial score (nSPS) is 10.5. The molecule has 0 atom stereocenters. The van der Waals surface area contributed by atoms with E-state index in [0.29, 0.717) is 26.9 Å². The van der Waals surface area contributed by atoms with Gasteiger partial charge in [-0.2, -0.15) is 0 Å². The van der Waals surface area contributed by atoms with Crippen LogP contribution in [0.2, 0.25) is 15.1 Å². The molecule has 0 aliphatic heterocycles. The van der Waals surface area contributed by atoms with Crippen molar-refractivity contribution in [2.75, 3.05) is 0 Å². The fourth-order valence-electron chi connectivity index (χ4n) is 1.65. The van der Waals surface area contributed by atoms with Gasteiger partial charge in [-0.15, -0.1) is 0 Å². The van der Waals surface area contributed by atoms with Gasteiger partial charge in [0.15, 0.2) is 0 Å². The molecular formula is C13H8Cl3NO2. The first-order valence-corrected chi connectivity index (χ1v) is 6.43. The number of carbonyl (C=O) groups is 1. The lowest BCUT2D eigenvalue weighted by Crippen LogP contribution is -2.02. The number of benzene rings is 1. The molecule has 0 amide bonds. The Morgan fingerprint density at radius 3 is 2.58 bits per heavy atom. The van der Waals surface area contributed by atoms with E-state index in [1.165, 1.54) is 6.20 Å². The fourth-order valence-corrected chi connectivity index (χ4v) is 2.43. The summed E-state index contributed by atoms with van der Waals surface area (Å²) in [6.07, 6.45) is 1.34. The highest BCUT2D eigenvalue weighted by atomic mass is 35.5. The smallest absolute Gasteiger partial charge is 0.307 e. The lowest BCUT2D eigenvalue weighted by Gasteiger charge is -2.09. The predicted molar refractivity (Wildman–Crippen MR) is 76.0 cm³/mol. The van der Waals surface area contributed by atoms with Gasteiger partial charge in [0.25, 0.3) is 0 Å². The maximum Gasteiger partial charge on any atom is 0.307 e. The quantitative estimate of drug-likeness (QED) is 0.916. The minimum absolute atomic E-state index is 0.167. The van der Waals surface area contributed by atoms with Gasteiger partial charge in [-0.25, -0.2) is 0 Å². The molecule has 2 aromatic rings. The highest BCUT2D eigenvalue weighted by Gasteiger charge is 2.14. The summed E-state index contributed by atoms with van der Waals surface area (Å²) in [7, 11) is 0. The second-order valence-corrected chi connectivity index (χ2v) is 5.05. The highest BCUT2D eigenvalue weighted by molar-refractivity contribution is 6.38. The Morgan fingerprint density at radius 1 is 1.21 bits per heavy atom. The zero-order valence-corrected chi connectivity index (χ0v) is 11.8. The summed E-state index contributed by atoms with van der Waals surface area (Å²) in [6, 6.07) is 6.53. The van der Waals surface area contributed by atoms with Crippen LogP contribution in [0.25, 0.3) is 11.3 Å². The molecule has 0 saturated heterocycles. The summed E-state index contributed by atoms with van der Waals surface area (Å²) in [6.45, 7) is 0. The van der Waals surface area contributed by atoms with Gasteiger partial charge < -0.3 is 5.11 Å². The topological polar surface area (TPSA) is 50.2 Å². The van der Waals surface area contributed by atoms with Crippen LogP contribution in [-0.4, -0.2) is 16.1 Å². The second-order valence-electron chi connectivity index (χ2n) is 3.83. The molecule has 0 fully saturated rings. The molecule has 3 nitrogen and oxygen atoms in total. The molecular weight excluding hydrogens is 309 g/mol. The first-order chi connectivity index (χ1) is 8.99. The van der Waals surface area contributed by atoms with Crippen LogP contribution in [0.5, 0.6) is 0 Å². The van der Waals surface area contributed by atoms with Gasteiger partial charge in [0.2, 0.25) is 0 Å². The van der Waals surface area contributed by atoms with E-state index in [9.17, 15) is 4.79 Å². The molecule has 0 saturated carbocycles. The van der Waals surface area contributed by atoms with Crippen LogP contribution in [0.3, 0.4) is 0 Å². The first-order valence-electron chi connectivity index (χ1n) is 5.29. The minimum atomic E-state index is -0.957. The number of aromatic nitrogens is 1. The zero-order chi connectivity index (χ0) is 14.0. The molecule has 0 unspecified atom stereocenters. The Hall–Kier alpha value is -1.29. The third-order valence-corrected chi connectivity index (χ3v) is 3.47. The Morgan fingerprint density at radius 2 is 1.95 bits per heavy atom. The Bertz CT molecular complexity index is 644. The van der Waals surface area contributed by atoms with Crippen molar-refractivity contribution in [1.82, 2.24) is 4.98 Å². The number of pyridine rings is 1. The average Bonchev–Trinajstić information content (AvgIpc) is 2.32. The molecule has 0 aliphatic carbocycles. The van der Waals surface area contributed by atoms with Crippen molar-refractivity contribution in [1.29, 1.82) is 0 Å². The third-order valence-electron chi connectivity index (χ3n) is 2.50. The summed E-state index contributed by atoms with van der Waals surface area (Å²) >= 11 is 18.1. The van der Waals surface area contributed by atoms with Crippen LogP contribution in [0.4, 0.5) is 0 Å². The maximum absolute atomic E-state index is 10.8. The summed E-state index contributed by atoms with van der Waals surface area (Å²) in [5.74, 6) is -0.957. The van der Waals surface area contributed by atoms with Gasteiger partial charge in [0.05, 0.1) is 22.2 Å². The third kappa shape index (κ3) is 3.18. The van der Waals surface area contributed by atoms with E-state index in [2.05, 4.69) is 4.98 Å². The monoisotopic (exact) mass is 315 g/mol. The molecule has 1 aromatic heterocycles. The van der Waals surface area contributed by atoms with Gasteiger partial charge in [0.1, 0.15) is 0 Å². The van der Waals surface area contributed by atoms with Gasteiger partial charge in [-0.3, -0.25) is 9.78 Å². The van der Waals surface area contributed by atoms with Crippen molar-refractivity contribution in [2.24, 2.45) is 0 Å². The maximum atomic E-state index is 10.8. The number of nitrogens with zero attached hydrogens (tertiary/aromatic N) is 1. The minimum Gasteiger partial charge on any atom is -0.481 e. The number of rotatable bonds is 3. The molecule has 1 heterocycles. The van der Waals surface area contributed by atoms with Gasteiger partial charge in [-0.1, -0.05) is 34.8 Å². The van der Waals surface area contributed by atoms with Crippen molar-refractivity contribution < 1.29 is 9.90 Å². The second kappa shape index (κ2) is 5.78. The number of aliphatic carboxylic acids is 1. The van der Waals surface area contributed by atoms with Gasteiger partial charge >= 0.3 is 5.97 Å². The van der Waals surface area contributed by atoms with E-state index in [4.69, 9.17) is 39.9 Å². The summed E-state index contributed by atoms with van der Waals surface area (Å²) < 4.78 is 0. The van der Waals surface area contributed by atoms with Crippen molar-refractivity contribution in [3.8, 4) is 11.3 Å². The lowest BCUT2D eigenvalue weighted by atomic mass is 10.1. The number of carboxylic acid groups (broad SMARTS) is 1. The standard InChI is InChI=1S/C13H8Cl3NO2/c14-8-1-2-9(10(15)6-8)13-12(16)7(3-4-17-13)5-11(18)19/h1-4,6H,5H2,(H,18,19). The van der Waals surface area contributed by atoms with E-state index < -0.39 is 5.97 Å². The molecule has 2 rings (SSSR count). The molecule has 0 aliphatic rings. The summed E-state index contributed by atoms with van der Waals surface area (Å²) in [5, 5.41) is 10.0. The number of hydrogen-bond acceptors (Lipinski definition) is 2. The Labute approximate surface area is 124 Å². The van der Waals surface area contributed by atoms with E-state index in [0.717, 1.165) is 0 Å². The number of carboxylic acids is 1. The van der Waals surface area contributed by atoms with Crippen molar-refractivity contribution in [2.45, 2.75) is 6.42 Å². The lowest BCUT2D eigenvalue weighted by molar-refractivity contribution is -0.136. The molecule has 1 aromatic carbocycles. The van der Waals surface area contributed by atoms with Crippen molar-refractivity contribution in [3.05, 3.63) is 51.1 Å². The molecule has 6 heteroatoms. The fraction of sp³-hybridized carbons (Fsp3) is 0.0769. The van der Waals surface area contributed by atoms with E-state index in [1.54, 1.807) is 24.3 Å². The molecule has 1 N–H and O–H groups in total.